The molecule has 0 aliphatic carbocycles. The maximum atomic E-state index is 13.3. The highest BCUT2D eigenvalue weighted by atomic mass is 32.2. The first-order chi connectivity index (χ1) is 13.8. The highest BCUT2D eigenvalue weighted by molar-refractivity contribution is 7.99. The molecule has 0 saturated carbocycles. The minimum Gasteiger partial charge on any atom is -0.422 e. The molecule has 0 unspecified atom stereocenters. The van der Waals surface area contributed by atoms with Crippen molar-refractivity contribution >= 4 is 17.4 Å². The maximum Gasteiger partial charge on any atom is 0.346 e. The Bertz CT molecular complexity index is 1050. The third kappa shape index (κ3) is 3.06. The molecule has 2 aliphatic rings. The summed E-state index contributed by atoms with van der Waals surface area (Å²) in [6.45, 7) is 2.01. The number of benzene rings is 2. The van der Waals surface area contributed by atoms with Crippen LogP contribution in [0, 0.1) is 0 Å². The Kier molecular flexibility index (Phi) is 4.73. The van der Waals surface area contributed by atoms with E-state index in [-0.39, 0.29) is 5.63 Å². The SMILES string of the molecule is O=c1oc2c(c(N3CCCCC3)c1-c1ccccc1)CCSc1ccccc1-2. The first-order valence-corrected chi connectivity index (χ1v) is 11.0. The zero-order chi connectivity index (χ0) is 18.9. The fourth-order valence-corrected chi connectivity index (χ4v) is 5.40. The lowest BCUT2D eigenvalue weighted by Crippen LogP contribution is -2.32. The number of thioether (sulfide) groups is 1. The van der Waals surface area contributed by atoms with Gasteiger partial charge in [0.25, 0.3) is 0 Å². The topological polar surface area (TPSA) is 33.5 Å². The summed E-state index contributed by atoms with van der Waals surface area (Å²) in [5.41, 5.74) is 4.80. The van der Waals surface area contributed by atoms with Crippen LogP contribution in [0.3, 0.4) is 0 Å². The van der Waals surface area contributed by atoms with Crippen LogP contribution in [-0.2, 0) is 6.42 Å². The third-order valence-electron chi connectivity index (χ3n) is 5.67. The van der Waals surface area contributed by atoms with Gasteiger partial charge in [-0.25, -0.2) is 4.79 Å². The first-order valence-electron chi connectivity index (χ1n) is 10.1. The van der Waals surface area contributed by atoms with Gasteiger partial charge >= 0.3 is 5.63 Å². The molecule has 4 heteroatoms. The second kappa shape index (κ2) is 7.51. The van der Waals surface area contributed by atoms with Crippen molar-refractivity contribution < 1.29 is 4.42 Å². The molecule has 0 amide bonds. The van der Waals surface area contributed by atoms with Crippen molar-refractivity contribution in [1.82, 2.24) is 0 Å². The molecule has 28 heavy (non-hydrogen) atoms. The van der Waals surface area contributed by atoms with Crippen LogP contribution < -0.4 is 10.5 Å². The molecule has 0 spiro atoms. The molecule has 3 nitrogen and oxygen atoms in total. The lowest BCUT2D eigenvalue weighted by molar-refractivity contribution is 0.517. The molecule has 2 aliphatic heterocycles. The van der Waals surface area contributed by atoms with Gasteiger partial charge < -0.3 is 9.32 Å². The smallest absolute Gasteiger partial charge is 0.346 e. The predicted octanol–water partition coefficient (Wildman–Crippen LogP) is 5.61. The summed E-state index contributed by atoms with van der Waals surface area (Å²) in [7, 11) is 0. The van der Waals surface area contributed by atoms with E-state index in [9.17, 15) is 4.79 Å². The van der Waals surface area contributed by atoms with E-state index < -0.39 is 0 Å². The monoisotopic (exact) mass is 389 g/mol. The molecule has 0 atom stereocenters. The molecular formula is C24H23NO2S. The standard InChI is InChI=1S/C24H23NO2S/c26-24-21(17-9-3-1-4-10-17)22(25-14-7-2-8-15-25)19-13-16-28-20-12-6-5-11-18(20)23(19)27-24/h1,3-6,9-12H,2,7-8,13-16H2. The number of piperidine rings is 1. The van der Waals surface area contributed by atoms with Gasteiger partial charge in [-0.15, -0.1) is 11.8 Å². The molecule has 0 N–H and O–H groups in total. The van der Waals surface area contributed by atoms with E-state index in [0.29, 0.717) is 0 Å². The third-order valence-corrected chi connectivity index (χ3v) is 6.75. The van der Waals surface area contributed by atoms with Crippen molar-refractivity contribution in [2.45, 2.75) is 30.6 Å². The van der Waals surface area contributed by atoms with Gasteiger partial charge in [-0.1, -0.05) is 48.5 Å². The van der Waals surface area contributed by atoms with Crippen LogP contribution in [0.15, 0.2) is 68.7 Å². The minimum atomic E-state index is -0.229. The van der Waals surface area contributed by atoms with Gasteiger partial charge in [0.15, 0.2) is 0 Å². The Hall–Kier alpha value is -2.46. The van der Waals surface area contributed by atoms with Gasteiger partial charge in [0, 0.05) is 34.9 Å². The van der Waals surface area contributed by atoms with Crippen LogP contribution in [0.25, 0.3) is 22.5 Å². The number of rotatable bonds is 2. The van der Waals surface area contributed by atoms with Crippen molar-refractivity contribution in [3.63, 3.8) is 0 Å². The van der Waals surface area contributed by atoms with E-state index in [1.807, 2.05) is 48.2 Å². The van der Waals surface area contributed by atoms with Crippen molar-refractivity contribution in [3.05, 3.63) is 70.6 Å². The highest BCUT2D eigenvalue weighted by Crippen LogP contribution is 2.43. The fourth-order valence-electron chi connectivity index (χ4n) is 4.38. The van der Waals surface area contributed by atoms with Gasteiger partial charge in [-0.05, 0) is 37.3 Å². The molecule has 0 radical (unpaired) electrons. The Morgan fingerprint density at radius 2 is 1.64 bits per heavy atom. The number of fused-ring (bicyclic) bond motifs is 3. The van der Waals surface area contributed by atoms with Gasteiger partial charge in [0.1, 0.15) is 5.76 Å². The molecule has 3 heterocycles. The summed E-state index contributed by atoms with van der Waals surface area (Å²) in [5, 5.41) is 0. The number of anilines is 1. The summed E-state index contributed by atoms with van der Waals surface area (Å²) in [6, 6.07) is 18.3. The fraction of sp³-hybridized carbons (Fsp3) is 0.292. The van der Waals surface area contributed by atoms with E-state index in [1.165, 1.54) is 29.7 Å². The van der Waals surface area contributed by atoms with Crippen LogP contribution in [0.1, 0.15) is 24.8 Å². The van der Waals surface area contributed by atoms with Crippen LogP contribution in [0.4, 0.5) is 5.69 Å². The van der Waals surface area contributed by atoms with E-state index in [0.717, 1.165) is 53.4 Å². The average Bonchev–Trinajstić information content (AvgIpc) is 2.93. The van der Waals surface area contributed by atoms with E-state index in [2.05, 4.69) is 23.1 Å². The molecule has 1 aromatic heterocycles. The molecular weight excluding hydrogens is 366 g/mol. The molecule has 1 fully saturated rings. The Morgan fingerprint density at radius 1 is 0.893 bits per heavy atom. The normalized spacial score (nSPS) is 16.2. The summed E-state index contributed by atoms with van der Waals surface area (Å²) in [6.07, 6.45) is 4.52. The molecule has 0 bridgehead atoms. The summed E-state index contributed by atoms with van der Waals surface area (Å²) >= 11 is 1.85. The lowest BCUT2D eigenvalue weighted by atomic mass is 9.95. The van der Waals surface area contributed by atoms with E-state index in [1.54, 1.807) is 0 Å². The molecule has 5 rings (SSSR count). The molecule has 3 aromatic rings. The number of nitrogens with zero attached hydrogens (tertiary/aromatic N) is 1. The van der Waals surface area contributed by atoms with E-state index >= 15 is 0 Å². The maximum absolute atomic E-state index is 13.3. The second-order valence-corrected chi connectivity index (χ2v) is 8.57. The molecule has 1 saturated heterocycles. The van der Waals surface area contributed by atoms with Crippen molar-refractivity contribution in [2.75, 3.05) is 23.7 Å². The first kappa shape index (κ1) is 17.6. The summed E-state index contributed by atoms with van der Waals surface area (Å²) in [5.74, 6) is 1.76. The highest BCUT2D eigenvalue weighted by Gasteiger charge is 2.28. The predicted molar refractivity (Wildman–Crippen MR) is 116 cm³/mol. The van der Waals surface area contributed by atoms with Crippen LogP contribution in [-0.4, -0.2) is 18.8 Å². The zero-order valence-corrected chi connectivity index (χ0v) is 16.6. The van der Waals surface area contributed by atoms with Gasteiger partial charge in [-0.2, -0.15) is 0 Å². The summed E-state index contributed by atoms with van der Waals surface area (Å²) in [4.78, 5) is 16.9. The molecule has 142 valence electrons. The minimum absolute atomic E-state index is 0.229. The summed E-state index contributed by atoms with van der Waals surface area (Å²) < 4.78 is 6.03. The van der Waals surface area contributed by atoms with Crippen LogP contribution in [0.2, 0.25) is 0 Å². The van der Waals surface area contributed by atoms with Crippen LogP contribution >= 0.6 is 11.8 Å². The van der Waals surface area contributed by atoms with Gasteiger partial charge in [0.2, 0.25) is 0 Å². The zero-order valence-electron chi connectivity index (χ0n) is 15.8. The average molecular weight is 390 g/mol. The lowest BCUT2D eigenvalue weighted by Gasteiger charge is -2.32. The second-order valence-electron chi connectivity index (χ2n) is 7.43. The van der Waals surface area contributed by atoms with Crippen LogP contribution in [0.5, 0.6) is 0 Å². The number of hydrogen-bond acceptors (Lipinski definition) is 4. The van der Waals surface area contributed by atoms with Crippen molar-refractivity contribution in [3.8, 4) is 22.5 Å². The van der Waals surface area contributed by atoms with Gasteiger partial charge in [0.05, 0.1) is 11.3 Å². The largest absolute Gasteiger partial charge is 0.422 e. The Morgan fingerprint density at radius 3 is 2.46 bits per heavy atom. The Balaban J connectivity index is 1.81. The van der Waals surface area contributed by atoms with Crippen molar-refractivity contribution in [1.29, 1.82) is 0 Å². The van der Waals surface area contributed by atoms with E-state index in [4.69, 9.17) is 4.42 Å². The van der Waals surface area contributed by atoms with Crippen molar-refractivity contribution in [2.24, 2.45) is 0 Å². The van der Waals surface area contributed by atoms with Gasteiger partial charge in [-0.3, -0.25) is 0 Å². The molecule has 2 aromatic carbocycles. The number of hydrogen-bond donors (Lipinski definition) is 0. The quantitative estimate of drug-likeness (QED) is 0.570. The Labute approximate surface area is 169 Å².